The molecule has 5 nitrogen and oxygen atoms in total. The van der Waals surface area contributed by atoms with Crippen molar-refractivity contribution in [2.24, 2.45) is 4.99 Å². The van der Waals surface area contributed by atoms with Crippen LogP contribution in [-0.2, 0) is 14.9 Å². The highest BCUT2D eigenvalue weighted by molar-refractivity contribution is 14.0. The summed E-state index contributed by atoms with van der Waals surface area (Å²) in [5, 5.41) is 6.76. The van der Waals surface area contributed by atoms with Crippen molar-refractivity contribution < 1.29 is 9.47 Å². The average molecular weight is 475 g/mol. The van der Waals surface area contributed by atoms with E-state index >= 15 is 0 Å². The number of ether oxygens (including phenoxy) is 2. The minimum atomic E-state index is 0. The van der Waals surface area contributed by atoms with Crippen molar-refractivity contribution in [3.63, 3.8) is 0 Å². The summed E-state index contributed by atoms with van der Waals surface area (Å²) in [6.07, 6.45) is 4.76. The van der Waals surface area contributed by atoms with Crippen molar-refractivity contribution in [1.82, 2.24) is 10.6 Å². The Morgan fingerprint density at radius 2 is 1.73 bits per heavy atom. The molecule has 0 heterocycles. The monoisotopic (exact) mass is 475 g/mol. The molecule has 0 spiro atoms. The summed E-state index contributed by atoms with van der Waals surface area (Å²) in [6, 6.07) is 10.8. The fourth-order valence-electron chi connectivity index (χ4n) is 2.79. The lowest BCUT2D eigenvalue weighted by Crippen LogP contribution is -2.42. The van der Waals surface area contributed by atoms with Crippen LogP contribution < -0.4 is 10.6 Å². The molecule has 26 heavy (non-hydrogen) atoms. The van der Waals surface area contributed by atoms with Gasteiger partial charge in [-0.15, -0.1) is 24.0 Å². The Bertz CT molecular complexity index is 507. The molecule has 1 aliphatic carbocycles. The molecule has 148 valence electrons. The second kappa shape index (κ2) is 13.3. The van der Waals surface area contributed by atoms with Gasteiger partial charge in [-0.3, -0.25) is 4.99 Å². The smallest absolute Gasteiger partial charge is 0.191 e. The Balaban J connectivity index is 0.00000338. The molecule has 0 atom stereocenters. The number of aliphatic imine (C=N–C) groups is 1. The summed E-state index contributed by atoms with van der Waals surface area (Å²) < 4.78 is 11.0. The van der Waals surface area contributed by atoms with Gasteiger partial charge in [-0.25, -0.2) is 0 Å². The zero-order chi connectivity index (χ0) is 17.8. The Kier molecular flexibility index (Phi) is 11.9. The van der Waals surface area contributed by atoms with E-state index in [0.29, 0.717) is 19.8 Å². The molecule has 6 heteroatoms. The minimum absolute atomic E-state index is 0. The van der Waals surface area contributed by atoms with Crippen LogP contribution >= 0.6 is 24.0 Å². The van der Waals surface area contributed by atoms with E-state index in [1.165, 1.54) is 24.8 Å². The van der Waals surface area contributed by atoms with Crippen LogP contribution in [0.15, 0.2) is 35.3 Å². The van der Waals surface area contributed by atoms with Crippen LogP contribution in [0.25, 0.3) is 0 Å². The van der Waals surface area contributed by atoms with Gasteiger partial charge in [-0.05, 0) is 24.8 Å². The lowest BCUT2D eigenvalue weighted by atomic mass is 9.96. The van der Waals surface area contributed by atoms with E-state index < -0.39 is 0 Å². The van der Waals surface area contributed by atoms with Crippen LogP contribution in [0.1, 0.15) is 38.2 Å². The van der Waals surface area contributed by atoms with E-state index in [2.05, 4.69) is 52.9 Å². The van der Waals surface area contributed by atoms with Crippen molar-refractivity contribution in [2.75, 3.05) is 46.6 Å². The number of unbranched alkanes of at least 4 members (excludes halogenated alkanes) is 1. The highest BCUT2D eigenvalue weighted by atomic mass is 127. The largest absolute Gasteiger partial charge is 0.379 e. The van der Waals surface area contributed by atoms with Gasteiger partial charge in [-0.2, -0.15) is 0 Å². The van der Waals surface area contributed by atoms with Gasteiger partial charge >= 0.3 is 0 Å². The number of benzene rings is 1. The molecule has 1 aromatic rings. The van der Waals surface area contributed by atoms with Crippen molar-refractivity contribution in [3.05, 3.63) is 35.9 Å². The van der Waals surface area contributed by atoms with Crippen molar-refractivity contribution in [3.8, 4) is 0 Å². The highest BCUT2D eigenvalue weighted by Crippen LogP contribution is 2.47. The molecular weight excluding hydrogens is 441 g/mol. The first-order chi connectivity index (χ1) is 12.3. The van der Waals surface area contributed by atoms with Crippen LogP contribution in [-0.4, -0.2) is 52.5 Å². The first-order valence-corrected chi connectivity index (χ1v) is 9.46. The van der Waals surface area contributed by atoms with Gasteiger partial charge in [0.25, 0.3) is 0 Å². The first kappa shape index (κ1) is 23.2. The number of rotatable bonds is 12. The van der Waals surface area contributed by atoms with E-state index in [0.717, 1.165) is 32.1 Å². The molecule has 2 rings (SSSR count). The second-order valence-corrected chi connectivity index (χ2v) is 6.58. The zero-order valence-electron chi connectivity index (χ0n) is 16.1. The molecule has 0 aliphatic heterocycles. The summed E-state index contributed by atoms with van der Waals surface area (Å²) in [5.74, 6) is 0.838. The summed E-state index contributed by atoms with van der Waals surface area (Å²) in [6.45, 7) is 6.63. The second-order valence-electron chi connectivity index (χ2n) is 6.58. The summed E-state index contributed by atoms with van der Waals surface area (Å²) in [5.41, 5.74) is 1.70. The fraction of sp³-hybridized carbons (Fsp3) is 0.650. The standard InChI is InChI=1S/C20H33N3O2.HI/c1-3-4-13-24-15-16-25-14-12-22-19(21-2)23-17-20(10-11-20)18-8-6-5-7-9-18;/h5-9H,3-4,10-17H2,1-2H3,(H2,21,22,23);1H. The van der Waals surface area contributed by atoms with Gasteiger partial charge < -0.3 is 20.1 Å². The maximum atomic E-state index is 5.57. The Labute approximate surface area is 175 Å². The molecule has 0 unspecified atom stereocenters. The molecule has 2 N–H and O–H groups in total. The quantitative estimate of drug-likeness (QED) is 0.211. The summed E-state index contributed by atoms with van der Waals surface area (Å²) >= 11 is 0. The fourth-order valence-corrected chi connectivity index (χ4v) is 2.79. The van der Waals surface area contributed by atoms with Crippen molar-refractivity contribution >= 4 is 29.9 Å². The highest BCUT2D eigenvalue weighted by Gasteiger charge is 2.43. The lowest BCUT2D eigenvalue weighted by Gasteiger charge is -2.19. The predicted octanol–water partition coefficient (Wildman–Crippen LogP) is 3.33. The van der Waals surface area contributed by atoms with Crippen molar-refractivity contribution in [1.29, 1.82) is 0 Å². The number of nitrogens with zero attached hydrogens (tertiary/aromatic N) is 1. The molecule has 0 amide bonds. The lowest BCUT2D eigenvalue weighted by molar-refractivity contribution is 0.0487. The van der Waals surface area contributed by atoms with Gasteiger partial charge in [0.2, 0.25) is 0 Å². The summed E-state index contributed by atoms with van der Waals surface area (Å²) in [4.78, 5) is 4.29. The molecule has 1 aliphatic rings. The van der Waals surface area contributed by atoms with Gasteiger partial charge in [0.1, 0.15) is 0 Å². The Morgan fingerprint density at radius 1 is 1.04 bits per heavy atom. The third kappa shape index (κ3) is 8.22. The minimum Gasteiger partial charge on any atom is -0.379 e. The molecule has 0 saturated heterocycles. The Hall–Kier alpha value is -0.860. The molecule has 0 radical (unpaired) electrons. The number of hydrogen-bond donors (Lipinski definition) is 2. The molecule has 0 bridgehead atoms. The van der Waals surface area contributed by atoms with E-state index in [4.69, 9.17) is 9.47 Å². The molecule has 0 aromatic heterocycles. The van der Waals surface area contributed by atoms with Gasteiger partial charge in [0, 0.05) is 32.2 Å². The average Bonchev–Trinajstić information content (AvgIpc) is 3.45. The summed E-state index contributed by atoms with van der Waals surface area (Å²) in [7, 11) is 1.81. The van der Waals surface area contributed by atoms with E-state index in [1.807, 2.05) is 0 Å². The number of hydrogen-bond acceptors (Lipinski definition) is 3. The number of halogens is 1. The maximum Gasteiger partial charge on any atom is 0.191 e. The van der Waals surface area contributed by atoms with Crippen LogP contribution in [0, 0.1) is 0 Å². The van der Waals surface area contributed by atoms with Crippen LogP contribution in [0.4, 0.5) is 0 Å². The third-order valence-electron chi connectivity index (χ3n) is 4.61. The normalized spacial score (nSPS) is 15.2. The van der Waals surface area contributed by atoms with Crippen molar-refractivity contribution in [2.45, 2.75) is 38.0 Å². The zero-order valence-corrected chi connectivity index (χ0v) is 18.5. The van der Waals surface area contributed by atoms with Crippen LogP contribution in [0.3, 0.4) is 0 Å². The van der Waals surface area contributed by atoms with Crippen LogP contribution in [0.5, 0.6) is 0 Å². The van der Waals surface area contributed by atoms with Gasteiger partial charge in [0.05, 0.1) is 19.8 Å². The number of guanidine groups is 1. The molecule has 1 saturated carbocycles. The Morgan fingerprint density at radius 3 is 2.35 bits per heavy atom. The van der Waals surface area contributed by atoms with E-state index in [9.17, 15) is 0 Å². The molecule has 1 aromatic carbocycles. The number of nitrogens with one attached hydrogen (secondary N) is 2. The first-order valence-electron chi connectivity index (χ1n) is 9.46. The topological polar surface area (TPSA) is 54.9 Å². The maximum absolute atomic E-state index is 5.57. The van der Waals surface area contributed by atoms with E-state index in [-0.39, 0.29) is 29.4 Å². The SMILES string of the molecule is CCCCOCCOCCNC(=NC)NCC1(c2ccccc2)CC1.I. The van der Waals surface area contributed by atoms with Gasteiger partial charge in [0.15, 0.2) is 5.96 Å². The molecule has 1 fully saturated rings. The van der Waals surface area contributed by atoms with Crippen LogP contribution in [0.2, 0.25) is 0 Å². The molecular formula is C20H34IN3O2. The van der Waals surface area contributed by atoms with Gasteiger partial charge in [-0.1, -0.05) is 43.7 Å². The third-order valence-corrected chi connectivity index (χ3v) is 4.61. The predicted molar refractivity (Wildman–Crippen MR) is 119 cm³/mol. The van der Waals surface area contributed by atoms with E-state index in [1.54, 1.807) is 7.05 Å².